The lowest BCUT2D eigenvalue weighted by molar-refractivity contribution is -0.111. The molecule has 31 heavy (non-hydrogen) atoms. The molecule has 1 aromatic carbocycles. The van der Waals surface area contributed by atoms with Crippen molar-refractivity contribution in [2.24, 2.45) is 0 Å². The SMILES string of the molecule is C=CC(=O)Nc1cccc(Nc2nc(Nc3cnn(C4CCC(O)C4)c3)ncc2F)c1. The van der Waals surface area contributed by atoms with E-state index in [0.717, 1.165) is 19.0 Å². The number of amides is 1. The summed E-state index contributed by atoms with van der Waals surface area (Å²) in [6, 6.07) is 6.95. The molecular formula is C21H22FN7O2. The van der Waals surface area contributed by atoms with Gasteiger partial charge in [-0.15, -0.1) is 0 Å². The molecule has 1 aliphatic rings. The minimum absolute atomic E-state index is 0.0176. The van der Waals surface area contributed by atoms with Crippen molar-refractivity contribution < 1.29 is 14.3 Å². The Morgan fingerprint density at radius 3 is 2.84 bits per heavy atom. The Morgan fingerprint density at radius 2 is 2.06 bits per heavy atom. The fourth-order valence-corrected chi connectivity index (χ4v) is 3.43. The maximum absolute atomic E-state index is 14.3. The highest BCUT2D eigenvalue weighted by atomic mass is 19.1. The molecule has 0 radical (unpaired) electrons. The van der Waals surface area contributed by atoms with E-state index < -0.39 is 5.82 Å². The maximum atomic E-state index is 14.3. The van der Waals surface area contributed by atoms with Crippen molar-refractivity contribution in [3.05, 3.63) is 61.3 Å². The smallest absolute Gasteiger partial charge is 0.247 e. The van der Waals surface area contributed by atoms with Crippen LogP contribution in [0.15, 0.2) is 55.5 Å². The van der Waals surface area contributed by atoms with Gasteiger partial charge in [-0.05, 0) is 43.5 Å². The highest BCUT2D eigenvalue weighted by Gasteiger charge is 2.24. The summed E-state index contributed by atoms with van der Waals surface area (Å²) in [5.41, 5.74) is 1.73. The van der Waals surface area contributed by atoms with Crippen LogP contribution in [0.4, 0.5) is 33.2 Å². The Balaban J connectivity index is 1.47. The summed E-state index contributed by atoms with van der Waals surface area (Å²) in [6.45, 7) is 3.41. The molecule has 4 rings (SSSR count). The molecule has 2 unspecified atom stereocenters. The van der Waals surface area contributed by atoms with Gasteiger partial charge < -0.3 is 21.1 Å². The highest BCUT2D eigenvalue weighted by Crippen LogP contribution is 2.30. The molecule has 1 aliphatic carbocycles. The number of aromatic nitrogens is 4. The van der Waals surface area contributed by atoms with Crippen molar-refractivity contribution in [1.82, 2.24) is 19.7 Å². The van der Waals surface area contributed by atoms with Crippen LogP contribution in [-0.4, -0.2) is 36.9 Å². The molecule has 160 valence electrons. The summed E-state index contributed by atoms with van der Waals surface area (Å²) in [7, 11) is 0. The van der Waals surface area contributed by atoms with Crippen LogP contribution in [0.2, 0.25) is 0 Å². The number of benzene rings is 1. The lowest BCUT2D eigenvalue weighted by atomic mass is 10.2. The Bertz CT molecular complexity index is 1100. The number of halogens is 1. The minimum Gasteiger partial charge on any atom is -0.393 e. The van der Waals surface area contributed by atoms with Crippen molar-refractivity contribution in [1.29, 1.82) is 0 Å². The molecule has 10 heteroatoms. The van der Waals surface area contributed by atoms with Gasteiger partial charge in [0.05, 0.1) is 30.2 Å². The van der Waals surface area contributed by atoms with Gasteiger partial charge in [0.1, 0.15) is 0 Å². The number of hydrogen-bond acceptors (Lipinski definition) is 7. The molecule has 9 nitrogen and oxygen atoms in total. The maximum Gasteiger partial charge on any atom is 0.247 e. The van der Waals surface area contributed by atoms with Crippen LogP contribution in [0.25, 0.3) is 0 Å². The molecule has 2 atom stereocenters. The lowest BCUT2D eigenvalue weighted by Crippen LogP contribution is -2.08. The first kappa shape index (κ1) is 20.5. The number of nitrogens with zero attached hydrogens (tertiary/aromatic N) is 4. The molecule has 1 fully saturated rings. The van der Waals surface area contributed by atoms with Crippen molar-refractivity contribution in [3.63, 3.8) is 0 Å². The van der Waals surface area contributed by atoms with Crippen molar-refractivity contribution in [2.75, 3.05) is 16.0 Å². The molecular weight excluding hydrogens is 401 g/mol. The van der Waals surface area contributed by atoms with E-state index in [9.17, 15) is 14.3 Å². The van der Waals surface area contributed by atoms with Crippen molar-refractivity contribution >= 4 is 34.7 Å². The van der Waals surface area contributed by atoms with E-state index >= 15 is 0 Å². The molecule has 2 aromatic heterocycles. The molecule has 4 N–H and O–H groups in total. The van der Waals surface area contributed by atoms with E-state index in [-0.39, 0.29) is 29.8 Å². The van der Waals surface area contributed by atoms with E-state index in [2.05, 4.69) is 37.6 Å². The van der Waals surface area contributed by atoms with Gasteiger partial charge in [-0.3, -0.25) is 9.48 Å². The molecule has 0 saturated heterocycles. The Hall–Kier alpha value is -3.79. The zero-order valence-corrected chi connectivity index (χ0v) is 16.6. The second-order valence-electron chi connectivity index (χ2n) is 7.24. The van der Waals surface area contributed by atoms with Gasteiger partial charge in [0.2, 0.25) is 11.9 Å². The molecule has 0 bridgehead atoms. The predicted octanol–water partition coefficient (Wildman–Crippen LogP) is 3.51. The summed E-state index contributed by atoms with van der Waals surface area (Å²) >= 11 is 0. The van der Waals surface area contributed by atoms with Crippen LogP contribution in [0.5, 0.6) is 0 Å². The van der Waals surface area contributed by atoms with Crippen LogP contribution in [0.3, 0.4) is 0 Å². The first-order chi connectivity index (χ1) is 15.0. The molecule has 3 aromatic rings. The van der Waals surface area contributed by atoms with Gasteiger partial charge in [0.15, 0.2) is 11.6 Å². The van der Waals surface area contributed by atoms with Gasteiger partial charge in [0, 0.05) is 17.6 Å². The topological polar surface area (TPSA) is 117 Å². The van der Waals surface area contributed by atoms with E-state index in [1.807, 2.05) is 10.9 Å². The standard InChI is InChI=1S/C21H22FN7O2/c1-2-19(31)25-13-4-3-5-14(8-13)26-20-18(22)11-23-21(28-20)27-15-10-24-29(12-15)16-6-7-17(30)9-16/h2-5,8,10-12,16-17,30H,1,6-7,9H2,(H,25,31)(H2,23,26,27,28). The zero-order valence-electron chi connectivity index (χ0n) is 16.6. The highest BCUT2D eigenvalue weighted by molar-refractivity contribution is 5.99. The number of aliphatic hydroxyl groups excluding tert-OH is 1. The third-order valence-corrected chi connectivity index (χ3v) is 4.93. The second kappa shape index (κ2) is 8.92. The summed E-state index contributed by atoms with van der Waals surface area (Å²) in [5.74, 6) is -0.784. The number of aliphatic hydroxyl groups is 1. The number of hydrogen-bond donors (Lipinski definition) is 4. The van der Waals surface area contributed by atoms with E-state index in [1.54, 1.807) is 30.5 Å². The molecule has 0 aliphatic heterocycles. The van der Waals surface area contributed by atoms with Gasteiger partial charge in [0.25, 0.3) is 0 Å². The third kappa shape index (κ3) is 5.04. The van der Waals surface area contributed by atoms with E-state index in [4.69, 9.17) is 0 Å². The number of rotatable bonds is 7. The molecule has 0 spiro atoms. The summed E-state index contributed by atoms with van der Waals surface area (Å²) in [6.07, 6.45) is 7.71. The summed E-state index contributed by atoms with van der Waals surface area (Å²) in [4.78, 5) is 19.6. The number of nitrogens with one attached hydrogen (secondary N) is 3. The average Bonchev–Trinajstić information content (AvgIpc) is 3.39. The van der Waals surface area contributed by atoms with E-state index in [1.165, 1.54) is 6.08 Å². The normalized spacial score (nSPS) is 17.9. The summed E-state index contributed by atoms with van der Waals surface area (Å²) < 4.78 is 16.1. The van der Waals surface area contributed by atoms with Crippen molar-refractivity contribution in [2.45, 2.75) is 31.4 Å². The van der Waals surface area contributed by atoms with Crippen LogP contribution in [0.1, 0.15) is 25.3 Å². The number of carbonyl (C=O) groups excluding carboxylic acids is 1. The monoisotopic (exact) mass is 423 g/mol. The number of carbonyl (C=O) groups is 1. The van der Waals surface area contributed by atoms with Gasteiger partial charge >= 0.3 is 0 Å². The van der Waals surface area contributed by atoms with Gasteiger partial charge in [-0.2, -0.15) is 10.1 Å². The average molecular weight is 423 g/mol. The number of anilines is 5. The fourth-order valence-electron chi connectivity index (χ4n) is 3.43. The molecule has 2 heterocycles. The van der Waals surface area contributed by atoms with E-state index in [0.29, 0.717) is 23.5 Å². The molecule has 1 saturated carbocycles. The quantitative estimate of drug-likeness (QED) is 0.430. The van der Waals surface area contributed by atoms with Crippen LogP contribution in [0, 0.1) is 5.82 Å². The third-order valence-electron chi connectivity index (χ3n) is 4.93. The fraction of sp³-hybridized carbons (Fsp3) is 0.238. The molecule has 1 amide bonds. The van der Waals surface area contributed by atoms with Crippen molar-refractivity contribution in [3.8, 4) is 0 Å². The minimum atomic E-state index is -0.623. The Morgan fingerprint density at radius 1 is 1.23 bits per heavy atom. The first-order valence-electron chi connectivity index (χ1n) is 9.82. The van der Waals surface area contributed by atoms with Gasteiger partial charge in [-0.1, -0.05) is 12.6 Å². The lowest BCUT2D eigenvalue weighted by Gasteiger charge is -2.10. The predicted molar refractivity (Wildman–Crippen MR) is 115 cm³/mol. The van der Waals surface area contributed by atoms with Crippen LogP contribution in [-0.2, 0) is 4.79 Å². The van der Waals surface area contributed by atoms with Crippen LogP contribution >= 0.6 is 0 Å². The Kier molecular flexibility index (Phi) is 5.89. The first-order valence-corrected chi connectivity index (χ1v) is 9.82. The van der Waals surface area contributed by atoms with Gasteiger partial charge in [-0.25, -0.2) is 9.37 Å². The Labute approximate surface area is 178 Å². The second-order valence-corrected chi connectivity index (χ2v) is 7.24. The summed E-state index contributed by atoms with van der Waals surface area (Å²) in [5, 5.41) is 22.6. The van der Waals surface area contributed by atoms with Crippen LogP contribution < -0.4 is 16.0 Å². The largest absolute Gasteiger partial charge is 0.393 e. The zero-order chi connectivity index (χ0) is 21.8.